The summed E-state index contributed by atoms with van der Waals surface area (Å²) in [5.41, 5.74) is 6.19. The van der Waals surface area contributed by atoms with Crippen LogP contribution in [0.15, 0.2) is 10.7 Å². The number of aromatic nitrogens is 5. The summed E-state index contributed by atoms with van der Waals surface area (Å²) in [6.07, 6.45) is 4.82. The van der Waals surface area contributed by atoms with Crippen LogP contribution >= 0.6 is 0 Å². The molecule has 0 saturated heterocycles. The van der Waals surface area contributed by atoms with Gasteiger partial charge in [-0.25, -0.2) is 4.68 Å². The van der Waals surface area contributed by atoms with Crippen LogP contribution in [-0.2, 0) is 18.5 Å². The lowest BCUT2D eigenvalue weighted by Gasteiger charge is -2.13. The van der Waals surface area contributed by atoms with Crippen molar-refractivity contribution in [3.63, 3.8) is 0 Å². The molecule has 2 N–H and O–H groups in total. The molecule has 0 radical (unpaired) electrons. The summed E-state index contributed by atoms with van der Waals surface area (Å²) in [6.45, 7) is 6.32. The molecule has 2 aromatic rings. The van der Waals surface area contributed by atoms with Gasteiger partial charge in [0, 0.05) is 6.42 Å². The fraction of sp³-hybridized carbons (Fsp3) is 0.667. The maximum Gasteiger partial charge on any atom is 0.248 e. The SMILES string of the molecule is CCCCc1noc(Cn2cc(C(C)(C)N)nn2)n1. The van der Waals surface area contributed by atoms with Crippen molar-refractivity contribution in [1.82, 2.24) is 25.1 Å². The molecule has 0 atom stereocenters. The maximum atomic E-state index is 5.96. The summed E-state index contributed by atoms with van der Waals surface area (Å²) in [4.78, 5) is 4.32. The Bertz CT molecular complexity index is 524. The average molecular weight is 264 g/mol. The molecule has 104 valence electrons. The molecule has 0 aliphatic heterocycles. The molecule has 2 aromatic heterocycles. The Balaban J connectivity index is 2.01. The van der Waals surface area contributed by atoms with Crippen molar-refractivity contribution in [3.8, 4) is 0 Å². The van der Waals surface area contributed by atoms with Gasteiger partial charge in [-0.05, 0) is 20.3 Å². The molecule has 0 amide bonds. The van der Waals surface area contributed by atoms with Crippen molar-refractivity contribution in [2.75, 3.05) is 0 Å². The van der Waals surface area contributed by atoms with Crippen LogP contribution in [0.5, 0.6) is 0 Å². The number of hydrogen-bond donors (Lipinski definition) is 1. The Morgan fingerprint density at radius 1 is 1.42 bits per heavy atom. The van der Waals surface area contributed by atoms with Crippen LogP contribution in [0.1, 0.15) is 51.0 Å². The van der Waals surface area contributed by atoms with Crippen LogP contribution in [0.4, 0.5) is 0 Å². The fourth-order valence-electron chi connectivity index (χ4n) is 1.60. The Morgan fingerprint density at radius 2 is 2.21 bits per heavy atom. The molecule has 2 rings (SSSR count). The highest BCUT2D eigenvalue weighted by atomic mass is 16.5. The van der Waals surface area contributed by atoms with E-state index in [1.54, 1.807) is 10.9 Å². The summed E-state index contributed by atoms with van der Waals surface area (Å²) in [5.74, 6) is 1.29. The quantitative estimate of drug-likeness (QED) is 0.843. The summed E-state index contributed by atoms with van der Waals surface area (Å²) in [6, 6.07) is 0. The van der Waals surface area contributed by atoms with Crippen molar-refractivity contribution < 1.29 is 4.52 Å². The Labute approximate surface area is 112 Å². The van der Waals surface area contributed by atoms with E-state index in [2.05, 4.69) is 27.4 Å². The van der Waals surface area contributed by atoms with Gasteiger partial charge in [0.2, 0.25) is 5.89 Å². The average Bonchev–Trinajstić information content (AvgIpc) is 2.95. The van der Waals surface area contributed by atoms with Crippen molar-refractivity contribution in [1.29, 1.82) is 0 Å². The van der Waals surface area contributed by atoms with Gasteiger partial charge in [-0.15, -0.1) is 5.10 Å². The van der Waals surface area contributed by atoms with E-state index in [9.17, 15) is 0 Å². The Kier molecular flexibility index (Phi) is 3.94. The first kappa shape index (κ1) is 13.7. The van der Waals surface area contributed by atoms with E-state index in [1.807, 2.05) is 13.8 Å². The minimum Gasteiger partial charge on any atom is -0.337 e. The third-order valence-corrected chi connectivity index (χ3v) is 2.76. The van der Waals surface area contributed by atoms with Crippen LogP contribution in [-0.4, -0.2) is 25.1 Å². The van der Waals surface area contributed by atoms with Crippen molar-refractivity contribution in [2.45, 2.75) is 52.1 Å². The summed E-state index contributed by atoms with van der Waals surface area (Å²) < 4.78 is 6.83. The van der Waals surface area contributed by atoms with Gasteiger partial charge < -0.3 is 10.3 Å². The normalized spacial score (nSPS) is 12.0. The highest BCUT2D eigenvalue weighted by molar-refractivity contribution is 5.06. The zero-order valence-corrected chi connectivity index (χ0v) is 11.6. The standard InChI is InChI=1S/C12H20N6O/c1-4-5-6-10-14-11(19-16-10)8-18-7-9(15-17-18)12(2,3)13/h7H,4-6,8,13H2,1-3H3. The number of unbranched alkanes of at least 4 members (excludes halogenated alkanes) is 1. The van der Waals surface area contributed by atoms with Crippen molar-refractivity contribution >= 4 is 0 Å². The maximum absolute atomic E-state index is 5.96. The largest absolute Gasteiger partial charge is 0.337 e. The summed E-state index contributed by atoms with van der Waals surface area (Å²) in [5, 5.41) is 12.0. The van der Waals surface area contributed by atoms with Crippen molar-refractivity contribution in [3.05, 3.63) is 23.6 Å². The molecule has 0 saturated carbocycles. The van der Waals surface area contributed by atoms with Crippen LogP contribution in [0, 0.1) is 0 Å². The van der Waals surface area contributed by atoms with Gasteiger partial charge in [0.15, 0.2) is 5.82 Å². The molecule has 0 fully saturated rings. The van der Waals surface area contributed by atoms with E-state index in [-0.39, 0.29) is 0 Å². The minimum atomic E-state index is -0.501. The molecule has 2 heterocycles. The lowest BCUT2D eigenvalue weighted by atomic mass is 10.0. The zero-order valence-electron chi connectivity index (χ0n) is 11.6. The first-order chi connectivity index (χ1) is 8.99. The first-order valence-electron chi connectivity index (χ1n) is 6.50. The van der Waals surface area contributed by atoms with Gasteiger partial charge in [-0.3, -0.25) is 0 Å². The Hall–Kier alpha value is -1.76. The number of hydrogen-bond acceptors (Lipinski definition) is 6. The molecular weight excluding hydrogens is 244 g/mol. The highest BCUT2D eigenvalue weighted by Crippen LogP contribution is 2.13. The predicted molar refractivity (Wildman–Crippen MR) is 69.2 cm³/mol. The predicted octanol–water partition coefficient (Wildman–Crippen LogP) is 1.25. The van der Waals surface area contributed by atoms with E-state index in [0.29, 0.717) is 12.4 Å². The molecule has 0 unspecified atom stereocenters. The van der Waals surface area contributed by atoms with Gasteiger partial charge >= 0.3 is 0 Å². The first-order valence-corrected chi connectivity index (χ1v) is 6.50. The molecule has 0 aromatic carbocycles. The third kappa shape index (κ3) is 3.60. The van der Waals surface area contributed by atoms with E-state index in [4.69, 9.17) is 10.3 Å². The summed E-state index contributed by atoms with van der Waals surface area (Å²) >= 11 is 0. The second-order valence-electron chi connectivity index (χ2n) is 5.23. The molecular formula is C12H20N6O. The number of rotatable bonds is 6. The van der Waals surface area contributed by atoms with E-state index >= 15 is 0 Å². The monoisotopic (exact) mass is 264 g/mol. The molecule has 0 spiro atoms. The molecule has 7 nitrogen and oxygen atoms in total. The fourth-order valence-corrected chi connectivity index (χ4v) is 1.60. The Morgan fingerprint density at radius 3 is 2.84 bits per heavy atom. The van der Waals surface area contributed by atoms with Gasteiger partial charge in [0.1, 0.15) is 12.2 Å². The zero-order chi connectivity index (χ0) is 13.9. The van der Waals surface area contributed by atoms with Gasteiger partial charge in [-0.2, -0.15) is 4.98 Å². The van der Waals surface area contributed by atoms with E-state index < -0.39 is 5.54 Å². The van der Waals surface area contributed by atoms with Gasteiger partial charge in [-0.1, -0.05) is 23.7 Å². The minimum absolute atomic E-state index is 0.419. The summed E-state index contributed by atoms with van der Waals surface area (Å²) in [7, 11) is 0. The smallest absolute Gasteiger partial charge is 0.248 e. The lowest BCUT2D eigenvalue weighted by Crippen LogP contribution is -2.29. The molecule has 19 heavy (non-hydrogen) atoms. The highest BCUT2D eigenvalue weighted by Gasteiger charge is 2.18. The van der Waals surface area contributed by atoms with Gasteiger partial charge in [0.05, 0.1) is 11.7 Å². The molecule has 7 heteroatoms. The number of aryl methyl sites for hydroxylation is 1. The third-order valence-electron chi connectivity index (χ3n) is 2.76. The van der Waals surface area contributed by atoms with Gasteiger partial charge in [0.25, 0.3) is 0 Å². The van der Waals surface area contributed by atoms with Crippen LogP contribution in [0.3, 0.4) is 0 Å². The topological polar surface area (TPSA) is 95.7 Å². The second kappa shape index (κ2) is 5.48. The van der Waals surface area contributed by atoms with Crippen LogP contribution in [0.25, 0.3) is 0 Å². The lowest BCUT2D eigenvalue weighted by molar-refractivity contribution is 0.359. The molecule has 0 aliphatic rings. The molecule has 0 aliphatic carbocycles. The van der Waals surface area contributed by atoms with Crippen LogP contribution in [0.2, 0.25) is 0 Å². The second-order valence-corrected chi connectivity index (χ2v) is 5.23. The van der Waals surface area contributed by atoms with Crippen molar-refractivity contribution in [2.24, 2.45) is 5.73 Å². The van der Waals surface area contributed by atoms with E-state index in [1.165, 1.54) is 0 Å². The number of nitrogens with two attached hydrogens (primary N) is 1. The van der Waals surface area contributed by atoms with E-state index in [0.717, 1.165) is 30.8 Å². The molecule has 0 bridgehead atoms. The van der Waals surface area contributed by atoms with Crippen LogP contribution < -0.4 is 5.73 Å². The number of nitrogens with zero attached hydrogens (tertiary/aromatic N) is 5.